The fourth-order valence-corrected chi connectivity index (χ4v) is 4.61. The molecule has 1 aliphatic heterocycles. The average Bonchev–Trinajstić information content (AvgIpc) is 2.49. The van der Waals surface area contributed by atoms with Gasteiger partial charge in [0.1, 0.15) is 0 Å². The Balaban J connectivity index is 2.14. The molecule has 1 N–H and O–H groups in total. The van der Waals surface area contributed by atoms with Crippen molar-refractivity contribution in [2.45, 2.75) is 24.3 Å². The Kier molecular flexibility index (Phi) is 4.01. The van der Waals surface area contributed by atoms with Gasteiger partial charge in [0.05, 0.1) is 16.7 Å². The highest BCUT2D eigenvalue weighted by atomic mass is 79.9. The van der Waals surface area contributed by atoms with E-state index in [-0.39, 0.29) is 11.4 Å². The zero-order valence-electron chi connectivity index (χ0n) is 12.0. The van der Waals surface area contributed by atoms with Crippen LogP contribution in [-0.4, -0.2) is 20.1 Å². The maximum absolute atomic E-state index is 12.9. The standard InChI is InChI=1S/C16H16BrNO3S/c1-11-3-2-4-14-15(19)9-10-18(16(11)14)22(20,21)13-7-5-12(17)6-8-13/h2-8,15,19H,9-10H2,1H3. The van der Waals surface area contributed by atoms with E-state index in [0.29, 0.717) is 17.7 Å². The molecule has 3 rings (SSSR count). The van der Waals surface area contributed by atoms with E-state index in [2.05, 4.69) is 15.9 Å². The molecule has 0 saturated carbocycles. The van der Waals surface area contributed by atoms with Gasteiger partial charge >= 0.3 is 0 Å². The van der Waals surface area contributed by atoms with Crippen LogP contribution in [0.1, 0.15) is 23.7 Å². The maximum Gasteiger partial charge on any atom is 0.264 e. The van der Waals surface area contributed by atoms with E-state index in [1.165, 1.54) is 4.31 Å². The number of rotatable bonds is 2. The lowest BCUT2D eigenvalue weighted by Gasteiger charge is -2.34. The van der Waals surface area contributed by atoms with Crippen LogP contribution in [0, 0.1) is 6.92 Å². The third-order valence-corrected chi connectivity index (χ3v) is 6.23. The number of aliphatic hydroxyl groups is 1. The molecule has 22 heavy (non-hydrogen) atoms. The second kappa shape index (κ2) is 5.68. The summed E-state index contributed by atoms with van der Waals surface area (Å²) in [6, 6.07) is 12.1. The summed E-state index contributed by atoms with van der Waals surface area (Å²) >= 11 is 3.31. The number of hydrogen-bond acceptors (Lipinski definition) is 3. The van der Waals surface area contributed by atoms with Crippen LogP contribution >= 0.6 is 15.9 Å². The minimum absolute atomic E-state index is 0.251. The molecule has 2 aromatic carbocycles. The molecule has 1 aliphatic rings. The van der Waals surface area contributed by atoms with Gasteiger partial charge in [-0.25, -0.2) is 8.42 Å². The minimum atomic E-state index is -3.64. The topological polar surface area (TPSA) is 57.6 Å². The third-order valence-electron chi connectivity index (χ3n) is 3.88. The van der Waals surface area contributed by atoms with Gasteiger partial charge in [-0.3, -0.25) is 4.31 Å². The van der Waals surface area contributed by atoms with Crippen molar-refractivity contribution in [1.82, 2.24) is 0 Å². The van der Waals surface area contributed by atoms with Crippen molar-refractivity contribution in [3.63, 3.8) is 0 Å². The molecule has 2 aromatic rings. The lowest BCUT2D eigenvalue weighted by molar-refractivity contribution is 0.166. The van der Waals surface area contributed by atoms with Crippen molar-refractivity contribution >= 4 is 31.6 Å². The Morgan fingerprint density at radius 1 is 1.18 bits per heavy atom. The van der Waals surface area contributed by atoms with E-state index >= 15 is 0 Å². The summed E-state index contributed by atoms with van der Waals surface area (Å²) in [5, 5.41) is 10.1. The van der Waals surface area contributed by atoms with E-state index in [1.807, 2.05) is 19.1 Å². The van der Waals surface area contributed by atoms with Crippen molar-refractivity contribution in [2.75, 3.05) is 10.8 Å². The van der Waals surface area contributed by atoms with Gasteiger partial charge < -0.3 is 5.11 Å². The summed E-state index contributed by atoms with van der Waals surface area (Å²) in [6.45, 7) is 2.14. The van der Waals surface area contributed by atoms with Gasteiger partial charge in [-0.1, -0.05) is 34.1 Å². The molecule has 0 bridgehead atoms. The quantitative estimate of drug-likeness (QED) is 0.866. The molecule has 0 spiro atoms. The molecule has 1 atom stereocenters. The van der Waals surface area contributed by atoms with Crippen LogP contribution in [0.15, 0.2) is 51.8 Å². The maximum atomic E-state index is 12.9. The molecule has 0 saturated heterocycles. The molecular formula is C16H16BrNO3S. The molecule has 4 nitrogen and oxygen atoms in total. The number of nitrogens with zero attached hydrogens (tertiary/aromatic N) is 1. The highest BCUT2D eigenvalue weighted by Gasteiger charge is 2.33. The average molecular weight is 382 g/mol. The van der Waals surface area contributed by atoms with Crippen molar-refractivity contribution in [1.29, 1.82) is 0 Å². The first-order valence-electron chi connectivity index (χ1n) is 6.97. The van der Waals surface area contributed by atoms with E-state index in [1.54, 1.807) is 30.3 Å². The summed E-state index contributed by atoms with van der Waals surface area (Å²) in [4.78, 5) is 0.251. The Bertz CT molecular complexity index is 803. The number of aliphatic hydroxyl groups excluding tert-OH is 1. The summed E-state index contributed by atoms with van der Waals surface area (Å²) in [5.74, 6) is 0. The Morgan fingerprint density at radius 2 is 1.86 bits per heavy atom. The van der Waals surface area contributed by atoms with Gasteiger partial charge in [0, 0.05) is 16.6 Å². The predicted molar refractivity (Wildman–Crippen MR) is 89.4 cm³/mol. The molecule has 1 unspecified atom stereocenters. The number of halogens is 1. The monoisotopic (exact) mass is 381 g/mol. The fourth-order valence-electron chi connectivity index (χ4n) is 2.77. The minimum Gasteiger partial charge on any atom is -0.388 e. The first-order valence-corrected chi connectivity index (χ1v) is 9.20. The molecule has 116 valence electrons. The van der Waals surface area contributed by atoms with E-state index < -0.39 is 16.1 Å². The number of benzene rings is 2. The Labute approximate surface area is 138 Å². The van der Waals surface area contributed by atoms with Gasteiger partial charge in [0.15, 0.2) is 0 Å². The van der Waals surface area contributed by atoms with Gasteiger partial charge in [-0.05, 0) is 43.2 Å². The molecule has 0 aliphatic carbocycles. The third kappa shape index (κ3) is 2.55. The van der Waals surface area contributed by atoms with Gasteiger partial charge in [-0.2, -0.15) is 0 Å². The lowest BCUT2D eigenvalue weighted by atomic mass is 9.98. The first-order chi connectivity index (χ1) is 10.4. The smallest absolute Gasteiger partial charge is 0.264 e. The van der Waals surface area contributed by atoms with Gasteiger partial charge in [-0.15, -0.1) is 0 Å². The second-order valence-corrected chi connectivity index (χ2v) is 8.13. The molecule has 1 heterocycles. The highest BCUT2D eigenvalue weighted by Crippen LogP contribution is 2.39. The Morgan fingerprint density at radius 3 is 2.55 bits per heavy atom. The van der Waals surface area contributed by atoms with Crippen LogP contribution in [0.3, 0.4) is 0 Å². The van der Waals surface area contributed by atoms with E-state index in [9.17, 15) is 13.5 Å². The van der Waals surface area contributed by atoms with Crippen molar-refractivity contribution in [3.05, 3.63) is 58.1 Å². The summed E-state index contributed by atoms with van der Waals surface area (Å²) < 4.78 is 28.1. The predicted octanol–water partition coefficient (Wildman–Crippen LogP) is 3.39. The van der Waals surface area contributed by atoms with E-state index in [4.69, 9.17) is 0 Å². The number of para-hydroxylation sites is 1. The zero-order chi connectivity index (χ0) is 15.9. The molecule has 0 radical (unpaired) electrons. The fraction of sp³-hybridized carbons (Fsp3) is 0.250. The van der Waals surface area contributed by atoms with Crippen molar-refractivity contribution in [2.24, 2.45) is 0 Å². The first kappa shape index (κ1) is 15.5. The zero-order valence-corrected chi connectivity index (χ0v) is 14.4. The molecule has 0 aromatic heterocycles. The normalized spacial score (nSPS) is 18.1. The van der Waals surface area contributed by atoms with Crippen molar-refractivity contribution in [3.8, 4) is 0 Å². The highest BCUT2D eigenvalue weighted by molar-refractivity contribution is 9.10. The van der Waals surface area contributed by atoms with Crippen LogP contribution in [0.4, 0.5) is 5.69 Å². The molecule has 0 fully saturated rings. The van der Waals surface area contributed by atoms with Crippen LogP contribution in [-0.2, 0) is 10.0 Å². The summed E-state index contributed by atoms with van der Waals surface area (Å²) in [7, 11) is -3.64. The van der Waals surface area contributed by atoms with Gasteiger partial charge in [0.25, 0.3) is 10.0 Å². The largest absolute Gasteiger partial charge is 0.388 e. The molecule has 0 amide bonds. The van der Waals surface area contributed by atoms with Crippen LogP contribution < -0.4 is 4.31 Å². The van der Waals surface area contributed by atoms with Crippen LogP contribution in [0.25, 0.3) is 0 Å². The summed E-state index contributed by atoms with van der Waals surface area (Å²) in [6.07, 6.45) is -0.224. The number of anilines is 1. The second-order valence-electron chi connectivity index (χ2n) is 5.35. The number of aryl methyl sites for hydroxylation is 1. The van der Waals surface area contributed by atoms with Crippen molar-refractivity contribution < 1.29 is 13.5 Å². The SMILES string of the molecule is Cc1cccc2c1N(S(=O)(=O)c1ccc(Br)cc1)CCC2O. The number of sulfonamides is 1. The molecule has 6 heteroatoms. The van der Waals surface area contributed by atoms with E-state index in [0.717, 1.165) is 10.0 Å². The van der Waals surface area contributed by atoms with Crippen LogP contribution in [0.5, 0.6) is 0 Å². The summed E-state index contributed by atoms with van der Waals surface area (Å²) in [5.41, 5.74) is 2.12. The number of fused-ring (bicyclic) bond motifs is 1. The Hall–Kier alpha value is -1.37. The molecular weight excluding hydrogens is 366 g/mol. The van der Waals surface area contributed by atoms with Crippen LogP contribution in [0.2, 0.25) is 0 Å². The lowest BCUT2D eigenvalue weighted by Crippen LogP contribution is -2.37. The van der Waals surface area contributed by atoms with Gasteiger partial charge in [0.2, 0.25) is 0 Å². The number of hydrogen-bond donors (Lipinski definition) is 1.